The second-order valence-corrected chi connectivity index (χ2v) is 9.99. The van der Waals surface area contributed by atoms with Crippen LogP contribution >= 0.6 is 0 Å². The van der Waals surface area contributed by atoms with Gasteiger partial charge >= 0.3 is 0 Å². The van der Waals surface area contributed by atoms with E-state index in [4.69, 9.17) is 5.73 Å². The first-order chi connectivity index (χ1) is 20.1. The lowest BCUT2D eigenvalue weighted by molar-refractivity contribution is -0.105. The minimum atomic E-state index is -1.34. The van der Waals surface area contributed by atoms with Gasteiger partial charge in [-0.05, 0) is 62.7 Å². The number of rotatable bonds is 11. The highest BCUT2D eigenvalue weighted by atomic mass is 16.3. The molecule has 3 aromatic heterocycles. The van der Waals surface area contributed by atoms with E-state index >= 15 is 0 Å². The van der Waals surface area contributed by atoms with E-state index < -0.39 is 24.0 Å². The SMILES string of the molecule is CCn1nc(C)cc1C(=O)Nc1nc2cc(C(N)=O)ccc2n1CC(O)[C@H](O)Cn1c(NC=O)nc2cc(C)ccc21. The van der Waals surface area contributed by atoms with Gasteiger partial charge in [0.2, 0.25) is 24.2 Å². The third kappa shape index (κ3) is 5.44. The van der Waals surface area contributed by atoms with Crippen LogP contribution in [0.3, 0.4) is 0 Å². The molecule has 6 N–H and O–H groups in total. The molecule has 0 saturated heterocycles. The number of imidazole rings is 2. The number of hydrogen-bond donors (Lipinski definition) is 5. The van der Waals surface area contributed by atoms with Crippen molar-refractivity contribution in [1.82, 2.24) is 28.9 Å². The van der Waals surface area contributed by atoms with Gasteiger partial charge in [0.05, 0.1) is 53.1 Å². The van der Waals surface area contributed by atoms with Crippen molar-refractivity contribution in [2.45, 2.75) is 52.6 Å². The Kier molecular flexibility index (Phi) is 7.74. The molecule has 0 saturated carbocycles. The van der Waals surface area contributed by atoms with Gasteiger partial charge in [-0.1, -0.05) is 6.07 Å². The first-order valence-electron chi connectivity index (χ1n) is 13.3. The van der Waals surface area contributed by atoms with Gasteiger partial charge in [0.25, 0.3) is 5.91 Å². The van der Waals surface area contributed by atoms with Crippen LogP contribution in [0.2, 0.25) is 0 Å². The summed E-state index contributed by atoms with van der Waals surface area (Å²) in [5, 5.41) is 31.9. The van der Waals surface area contributed by atoms with Crippen molar-refractivity contribution in [2.24, 2.45) is 5.73 Å². The number of nitrogens with zero attached hydrogens (tertiary/aromatic N) is 6. The minimum absolute atomic E-state index is 0.0913. The number of aromatic nitrogens is 6. The van der Waals surface area contributed by atoms with E-state index in [1.807, 2.05) is 32.0 Å². The number of anilines is 2. The maximum absolute atomic E-state index is 13.2. The molecule has 3 amide bonds. The van der Waals surface area contributed by atoms with E-state index in [1.165, 1.54) is 12.1 Å². The zero-order valence-electron chi connectivity index (χ0n) is 23.3. The number of nitrogens with one attached hydrogen (secondary N) is 2. The van der Waals surface area contributed by atoms with Crippen LogP contribution in [0.25, 0.3) is 22.1 Å². The van der Waals surface area contributed by atoms with Gasteiger partial charge in [0.1, 0.15) is 5.69 Å². The molecule has 2 atom stereocenters. The van der Waals surface area contributed by atoms with E-state index in [0.29, 0.717) is 46.4 Å². The first kappa shape index (κ1) is 28.4. The molecule has 0 bridgehead atoms. The third-order valence-corrected chi connectivity index (χ3v) is 6.97. The summed E-state index contributed by atoms with van der Waals surface area (Å²) in [5.74, 6) is -0.794. The molecule has 5 aromatic rings. The van der Waals surface area contributed by atoms with Crippen molar-refractivity contribution in [3.8, 4) is 0 Å². The van der Waals surface area contributed by atoms with Crippen molar-refractivity contribution in [2.75, 3.05) is 10.6 Å². The number of aliphatic hydroxyl groups is 2. The van der Waals surface area contributed by atoms with Gasteiger partial charge in [0, 0.05) is 12.1 Å². The van der Waals surface area contributed by atoms with E-state index in [0.717, 1.165) is 5.56 Å². The van der Waals surface area contributed by atoms with Gasteiger partial charge in [-0.15, -0.1) is 0 Å². The molecular weight excluding hydrogens is 542 g/mol. The monoisotopic (exact) mass is 573 g/mol. The molecule has 0 aliphatic rings. The molecular formula is C28H31N9O5. The molecule has 5 rings (SSSR count). The number of benzene rings is 2. The molecule has 2 aromatic carbocycles. The summed E-state index contributed by atoms with van der Waals surface area (Å²) in [7, 11) is 0. The summed E-state index contributed by atoms with van der Waals surface area (Å²) in [4.78, 5) is 45.1. The Hall–Kier alpha value is -5.08. The Labute approximate surface area is 239 Å². The molecule has 0 aliphatic heterocycles. The van der Waals surface area contributed by atoms with Crippen LogP contribution in [0.5, 0.6) is 0 Å². The van der Waals surface area contributed by atoms with E-state index in [2.05, 4.69) is 25.7 Å². The minimum Gasteiger partial charge on any atom is -0.388 e. The number of carbonyl (C=O) groups excluding carboxylic acids is 3. The summed E-state index contributed by atoms with van der Waals surface area (Å²) in [6.45, 7) is 5.77. The number of primary amides is 1. The average Bonchev–Trinajstić information content (AvgIpc) is 3.61. The Morgan fingerprint density at radius 1 is 0.952 bits per heavy atom. The van der Waals surface area contributed by atoms with E-state index in [9.17, 15) is 24.6 Å². The van der Waals surface area contributed by atoms with Crippen LogP contribution in [0.4, 0.5) is 11.9 Å². The quantitative estimate of drug-likeness (QED) is 0.147. The van der Waals surface area contributed by atoms with Crippen LogP contribution in [-0.4, -0.2) is 69.5 Å². The standard InChI is InChI=1S/C28H31N9O5/c1-4-37-22(10-16(3)34-37)26(42)33-28-32-19-11-17(25(29)41)6-8-21(19)36(28)13-24(40)23(39)12-35-20-7-5-15(2)9-18(20)31-27(35)30-14-38/h5-11,14,23-24,39-40H,4,12-13H2,1-3H3,(H2,29,41)(H,30,31,38)(H,32,33,42)/t23-,24?/m1/s1. The second-order valence-electron chi connectivity index (χ2n) is 9.99. The lowest BCUT2D eigenvalue weighted by Gasteiger charge is -2.21. The van der Waals surface area contributed by atoms with Crippen LogP contribution in [-0.2, 0) is 24.4 Å². The Morgan fingerprint density at radius 3 is 2.21 bits per heavy atom. The molecule has 0 aliphatic carbocycles. The molecule has 1 unspecified atom stereocenters. The van der Waals surface area contributed by atoms with Gasteiger partial charge in [-0.3, -0.25) is 29.7 Å². The largest absolute Gasteiger partial charge is 0.388 e. The molecule has 42 heavy (non-hydrogen) atoms. The summed E-state index contributed by atoms with van der Waals surface area (Å²) >= 11 is 0. The summed E-state index contributed by atoms with van der Waals surface area (Å²) in [6.07, 6.45) is -2.16. The molecule has 14 heteroatoms. The zero-order valence-corrected chi connectivity index (χ0v) is 23.3. The number of fused-ring (bicyclic) bond motifs is 2. The van der Waals surface area contributed by atoms with E-state index in [1.54, 1.807) is 32.9 Å². The first-order valence-corrected chi connectivity index (χ1v) is 13.3. The fourth-order valence-electron chi connectivity index (χ4n) is 4.90. The van der Waals surface area contributed by atoms with Crippen molar-refractivity contribution in [3.63, 3.8) is 0 Å². The fraction of sp³-hybridized carbons (Fsp3) is 0.286. The molecule has 0 fully saturated rings. The van der Waals surface area contributed by atoms with Gasteiger partial charge in [-0.25, -0.2) is 9.97 Å². The van der Waals surface area contributed by atoms with Crippen LogP contribution in [0.1, 0.15) is 39.0 Å². The van der Waals surface area contributed by atoms with Gasteiger partial charge in [-0.2, -0.15) is 5.10 Å². The molecule has 218 valence electrons. The third-order valence-electron chi connectivity index (χ3n) is 6.97. The number of carbonyl (C=O) groups is 3. The highest BCUT2D eigenvalue weighted by molar-refractivity contribution is 6.03. The van der Waals surface area contributed by atoms with Gasteiger partial charge < -0.3 is 25.1 Å². The zero-order chi connectivity index (χ0) is 30.1. The summed E-state index contributed by atoms with van der Waals surface area (Å²) < 4.78 is 4.72. The maximum Gasteiger partial charge on any atom is 0.276 e. The number of aryl methyl sites for hydroxylation is 3. The van der Waals surface area contributed by atoms with Crippen molar-refractivity contribution in [3.05, 3.63) is 65.0 Å². The predicted molar refractivity (Wildman–Crippen MR) is 155 cm³/mol. The topological polar surface area (TPSA) is 195 Å². The Morgan fingerprint density at radius 2 is 1.57 bits per heavy atom. The van der Waals surface area contributed by atoms with Crippen molar-refractivity contribution < 1.29 is 24.6 Å². The predicted octanol–water partition coefficient (Wildman–Crippen LogP) is 1.56. The number of nitrogens with two attached hydrogens (primary N) is 1. The van der Waals surface area contributed by atoms with Crippen LogP contribution in [0, 0.1) is 13.8 Å². The number of hydrogen-bond acceptors (Lipinski definition) is 8. The number of amides is 3. The average molecular weight is 574 g/mol. The smallest absolute Gasteiger partial charge is 0.276 e. The summed E-state index contributed by atoms with van der Waals surface area (Å²) in [6, 6.07) is 11.8. The Balaban J connectivity index is 1.47. The Bertz CT molecular complexity index is 1820. The maximum atomic E-state index is 13.2. The molecule has 3 heterocycles. The highest BCUT2D eigenvalue weighted by Crippen LogP contribution is 2.25. The number of aliphatic hydroxyl groups excluding tert-OH is 2. The van der Waals surface area contributed by atoms with E-state index in [-0.39, 0.29) is 30.5 Å². The lowest BCUT2D eigenvalue weighted by Crippen LogP contribution is -2.34. The fourth-order valence-corrected chi connectivity index (χ4v) is 4.90. The lowest BCUT2D eigenvalue weighted by atomic mass is 10.1. The molecule has 14 nitrogen and oxygen atoms in total. The normalized spacial score (nSPS) is 12.9. The second kappa shape index (κ2) is 11.4. The van der Waals surface area contributed by atoms with Crippen molar-refractivity contribution in [1.29, 1.82) is 0 Å². The highest BCUT2D eigenvalue weighted by Gasteiger charge is 2.25. The van der Waals surface area contributed by atoms with Crippen LogP contribution in [0.15, 0.2) is 42.5 Å². The molecule has 0 spiro atoms. The summed E-state index contributed by atoms with van der Waals surface area (Å²) in [5.41, 5.74) is 9.78. The molecule has 0 radical (unpaired) electrons. The van der Waals surface area contributed by atoms with Crippen LogP contribution < -0.4 is 16.4 Å². The van der Waals surface area contributed by atoms with Crippen molar-refractivity contribution >= 4 is 52.2 Å². The van der Waals surface area contributed by atoms with Gasteiger partial charge in [0.15, 0.2) is 0 Å².